The summed E-state index contributed by atoms with van der Waals surface area (Å²) in [5, 5.41) is 0. The molecule has 0 N–H and O–H groups in total. The number of rotatable bonds is 4. The van der Waals surface area contributed by atoms with Crippen molar-refractivity contribution in [3.05, 3.63) is 60.0 Å². The second kappa shape index (κ2) is 7.77. The van der Waals surface area contributed by atoms with Crippen molar-refractivity contribution in [2.24, 2.45) is 0 Å². The molecule has 29 heavy (non-hydrogen) atoms. The maximum absolute atomic E-state index is 12.8. The van der Waals surface area contributed by atoms with Crippen molar-refractivity contribution in [3.8, 4) is 5.75 Å². The van der Waals surface area contributed by atoms with Crippen LogP contribution in [0.2, 0.25) is 0 Å². The van der Waals surface area contributed by atoms with Crippen molar-refractivity contribution in [2.45, 2.75) is 24.9 Å². The number of para-hydroxylation sites is 2. The topological polar surface area (TPSA) is 55.6 Å². The number of carbonyl (C=O) groups is 1. The molecule has 152 valence electrons. The fourth-order valence-electron chi connectivity index (χ4n) is 3.44. The monoisotopic (exact) mass is 404 g/mol. The lowest BCUT2D eigenvalue weighted by molar-refractivity contribution is -0.137. The van der Waals surface area contributed by atoms with Gasteiger partial charge in [0.25, 0.3) is 5.91 Å². The summed E-state index contributed by atoms with van der Waals surface area (Å²) in [5.74, 6) is 0.585. The Morgan fingerprint density at radius 2 is 1.90 bits per heavy atom. The van der Waals surface area contributed by atoms with E-state index in [1.54, 1.807) is 4.90 Å². The Kier molecular flexibility index (Phi) is 5.17. The van der Waals surface area contributed by atoms with Gasteiger partial charge in [0.1, 0.15) is 11.3 Å². The Balaban J connectivity index is 1.31. The molecule has 1 saturated heterocycles. The fraction of sp³-hybridized carbons (Fsp3) is 0.333. The molecule has 1 aromatic heterocycles. The Labute approximate surface area is 165 Å². The molecule has 3 aromatic rings. The second-order valence-electron chi connectivity index (χ2n) is 6.99. The number of carbonyl (C=O) groups excluding carboxylic acids is 1. The van der Waals surface area contributed by atoms with E-state index < -0.39 is 11.7 Å². The van der Waals surface area contributed by atoms with E-state index in [-0.39, 0.29) is 24.2 Å². The summed E-state index contributed by atoms with van der Waals surface area (Å²) >= 11 is 0. The molecule has 2 aromatic carbocycles. The lowest BCUT2D eigenvalue weighted by atomic mass is 9.97. The number of piperidine rings is 1. The van der Waals surface area contributed by atoms with Gasteiger partial charge in [-0.1, -0.05) is 18.2 Å². The predicted octanol–water partition coefficient (Wildman–Crippen LogP) is 4.63. The number of halogens is 3. The highest BCUT2D eigenvalue weighted by molar-refractivity contribution is 5.78. The number of fused-ring (bicyclic) bond motifs is 1. The summed E-state index contributed by atoms with van der Waals surface area (Å²) in [6.07, 6.45) is -3.03. The van der Waals surface area contributed by atoms with Gasteiger partial charge in [-0.2, -0.15) is 13.2 Å². The number of alkyl halides is 3. The minimum atomic E-state index is -4.45. The smallest absolute Gasteiger partial charge is 0.416 e. The van der Waals surface area contributed by atoms with E-state index in [1.165, 1.54) is 12.1 Å². The van der Waals surface area contributed by atoms with Crippen LogP contribution in [0.4, 0.5) is 13.2 Å². The lowest BCUT2D eigenvalue weighted by Crippen LogP contribution is -2.40. The predicted molar refractivity (Wildman–Crippen MR) is 99.5 cm³/mol. The fourth-order valence-corrected chi connectivity index (χ4v) is 3.44. The first kappa shape index (κ1) is 19.3. The minimum absolute atomic E-state index is 0.0227. The van der Waals surface area contributed by atoms with Crippen molar-refractivity contribution in [1.82, 2.24) is 9.88 Å². The van der Waals surface area contributed by atoms with Gasteiger partial charge < -0.3 is 14.1 Å². The van der Waals surface area contributed by atoms with E-state index in [1.807, 2.05) is 24.3 Å². The number of nitrogens with zero attached hydrogens (tertiary/aromatic N) is 2. The number of aromatic nitrogens is 1. The molecule has 0 saturated carbocycles. The molecule has 0 atom stereocenters. The summed E-state index contributed by atoms with van der Waals surface area (Å²) in [6.45, 7) is 0.747. The molecule has 8 heteroatoms. The minimum Gasteiger partial charge on any atom is -0.484 e. The molecule has 4 rings (SSSR count). The van der Waals surface area contributed by atoms with Gasteiger partial charge in [-0.05, 0) is 43.2 Å². The van der Waals surface area contributed by atoms with E-state index in [0.717, 1.165) is 23.2 Å². The maximum Gasteiger partial charge on any atom is 0.416 e. The second-order valence-corrected chi connectivity index (χ2v) is 6.99. The van der Waals surface area contributed by atoms with Crippen LogP contribution < -0.4 is 4.74 Å². The first-order chi connectivity index (χ1) is 13.9. The molecule has 1 aliphatic rings. The molecule has 0 spiro atoms. The molecule has 5 nitrogen and oxygen atoms in total. The van der Waals surface area contributed by atoms with Crippen LogP contribution in [0.5, 0.6) is 5.75 Å². The van der Waals surface area contributed by atoms with Crippen LogP contribution in [-0.2, 0) is 11.0 Å². The first-order valence-electron chi connectivity index (χ1n) is 9.33. The summed E-state index contributed by atoms with van der Waals surface area (Å²) < 4.78 is 49.4. The Morgan fingerprint density at radius 1 is 1.14 bits per heavy atom. The molecule has 0 aliphatic carbocycles. The first-order valence-corrected chi connectivity index (χ1v) is 9.33. The number of ether oxygens (including phenoxy) is 1. The van der Waals surface area contributed by atoms with Gasteiger partial charge in [-0.25, -0.2) is 4.98 Å². The van der Waals surface area contributed by atoms with Crippen LogP contribution in [0, 0.1) is 0 Å². The zero-order valence-corrected chi connectivity index (χ0v) is 15.5. The quantitative estimate of drug-likeness (QED) is 0.636. The number of amides is 1. The SMILES string of the molecule is O=C(COc1cccc(C(F)(F)F)c1)N1CCC(c2nc3ccccc3o2)CC1. The van der Waals surface area contributed by atoms with Crippen molar-refractivity contribution in [1.29, 1.82) is 0 Å². The van der Waals surface area contributed by atoms with Crippen LogP contribution in [0.25, 0.3) is 11.1 Å². The molecular weight excluding hydrogens is 385 g/mol. The van der Waals surface area contributed by atoms with Gasteiger partial charge in [0.05, 0.1) is 5.56 Å². The highest BCUT2D eigenvalue weighted by Crippen LogP contribution is 2.32. The number of hydrogen-bond acceptors (Lipinski definition) is 4. The van der Waals surface area contributed by atoms with Gasteiger partial charge in [-0.3, -0.25) is 4.79 Å². The number of hydrogen-bond donors (Lipinski definition) is 0. The molecular formula is C21H19F3N2O3. The van der Waals surface area contributed by atoms with E-state index in [9.17, 15) is 18.0 Å². The van der Waals surface area contributed by atoms with E-state index in [2.05, 4.69) is 4.98 Å². The molecule has 0 bridgehead atoms. The molecule has 1 amide bonds. The molecule has 0 unspecified atom stereocenters. The average molecular weight is 404 g/mol. The van der Waals surface area contributed by atoms with Gasteiger partial charge >= 0.3 is 6.18 Å². The summed E-state index contributed by atoms with van der Waals surface area (Å²) in [4.78, 5) is 18.6. The van der Waals surface area contributed by atoms with Gasteiger partial charge in [-0.15, -0.1) is 0 Å². The zero-order chi connectivity index (χ0) is 20.4. The van der Waals surface area contributed by atoms with E-state index in [0.29, 0.717) is 31.8 Å². The summed E-state index contributed by atoms with van der Waals surface area (Å²) in [5.41, 5.74) is 0.757. The van der Waals surface area contributed by atoms with Gasteiger partial charge in [0.15, 0.2) is 18.1 Å². The molecule has 1 aliphatic heterocycles. The largest absolute Gasteiger partial charge is 0.484 e. The number of likely N-dealkylation sites (tertiary alicyclic amines) is 1. The summed E-state index contributed by atoms with van der Waals surface area (Å²) in [7, 11) is 0. The zero-order valence-electron chi connectivity index (χ0n) is 15.5. The Bertz CT molecular complexity index is 975. The number of oxazole rings is 1. The Morgan fingerprint density at radius 3 is 2.62 bits per heavy atom. The highest BCUT2D eigenvalue weighted by Gasteiger charge is 2.31. The molecule has 1 fully saturated rings. The van der Waals surface area contributed by atoms with Crippen molar-refractivity contribution >= 4 is 17.0 Å². The van der Waals surface area contributed by atoms with Gasteiger partial charge in [0, 0.05) is 19.0 Å². The van der Waals surface area contributed by atoms with Crippen molar-refractivity contribution in [2.75, 3.05) is 19.7 Å². The Hall–Kier alpha value is -3.03. The van der Waals surface area contributed by atoms with E-state index in [4.69, 9.17) is 9.15 Å². The standard InChI is InChI=1S/C21H19F3N2O3/c22-21(23,24)15-4-3-5-16(12-15)28-13-19(27)26-10-8-14(9-11-26)20-25-17-6-1-2-7-18(17)29-20/h1-7,12,14H,8-11,13H2. The maximum atomic E-state index is 12.8. The van der Waals surface area contributed by atoms with Crippen LogP contribution in [0.15, 0.2) is 52.9 Å². The molecule has 2 heterocycles. The van der Waals surface area contributed by atoms with Crippen LogP contribution >= 0.6 is 0 Å². The third-order valence-corrected chi connectivity index (χ3v) is 5.03. The third-order valence-electron chi connectivity index (χ3n) is 5.03. The summed E-state index contributed by atoms with van der Waals surface area (Å²) in [6, 6.07) is 12.1. The third kappa shape index (κ3) is 4.36. The molecule has 0 radical (unpaired) electrons. The van der Waals surface area contributed by atoms with Crippen LogP contribution in [0.3, 0.4) is 0 Å². The van der Waals surface area contributed by atoms with Gasteiger partial charge in [0.2, 0.25) is 0 Å². The lowest BCUT2D eigenvalue weighted by Gasteiger charge is -2.30. The average Bonchev–Trinajstić information content (AvgIpc) is 3.16. The highest BCUT2D eigenvalue weighted by atomic mass is 19.4. The van der Waals surface area contributed by atoms with E-state index >= 15 is 0 Å². The van der Waals surface area contributed by atoms with Crippen molar-refractivity contribution < 1.29 is 27.1 Å². The van der Waals surface area contributed by atoms with Crippen molar-refractivity contribution in [3.63, 3.8) is 0 Å². The number of benzene rings is 2. The van der Waals surface area contributed by atoms with Crippen LogP contribution in [-0.4, -0.2) is 35.5 Å². The van der Waals surface area contributed by atoms with Crippen LogP contribution in [0.1, 0.15) is 30.2 Å². The normalized spacial score (nSPS) is 15.6.